The van der Waals surface area contributed by atoms with E-state index in [1.54, 1.807) is 0 Å². The van der Waals surface area contributed by atoms with Crippen molar-refractivity contribution in [3.05, 3.63) is 169 Å². The first-order valence-corrected chi connectivity index (χ1v) is 13.3. The smallest absolute Gasteiger partial charge is 0.0541 e. The number of fused-ring (bicyclic) bond motifs is 3. The van der Waals surface area contributed by atoms with Gasteiger partial charge in [0.2, 0.25) is 0 Å². The molecule has 1 aromatic heterocycles. The molecule has 0 bridgehead atoms. The molecule has 0 fully saturated rings. The SMILES string of the molecule is C=C/C=C(\C=C(/C)C(=C)/C=C\C=C/C)c1ccc2c(c1)c1ccccc1n2-c1ccc(-c2ccccc2)cc1. The van der Waals surface area contributed by atoms with Crippen molar-refractivity contribution >= 4 is 27.4 Å². The third-order valence-corrected chi connectivity index (χ3v) is 7.02. The van der Waals surface area contributed by atoms with Crippen molar-refractivity contribution in [2.24, 2.45) is 0 Å². The van der Waals surface area contributed by atoms with E-state index in [4.69, 9.17) is 0 Å². The Morgan fingerprint density at radius 3 is 2.18 bits per heavy atom. The summed E-state index contributed by atoms with van der Waals surface area (Å²) in [7, 11) is 0. The van der Waals surface area contributed by atoms with Crippen LogP contribution in [-0.4, -0.2) is 4.57 Å². The molecule has 1 nitrogen and oxygen atoms in total. The Kier molecular flexibility index (Phi) is 7.70. The average molecular weight is 504 g/mol. The lowest BCUT2D eigenvalue weighted by Crippen LogP contribution is -1.94. The Morgan fingerprint density at radius 2 is 1.44 bits per heavy atom. The fourth-order valence-electron chi connectivity index (χ4n) is 4.96. The van der Waals surface area contributed by atoms with E-state index in [2.05, 4.69) is 134 Å². The van der Waals surface area contributed by atoms with Gasteiger partial charge in [-0.3, -0.25) is 0 Å². The number of allylic oxidation sites excluding steroid dienone is 10. The molecular weight excluding hydrogens is 470 g/mol. The second kappa shape index (κ2) is 11.7. The van der Waals surface area contributed by atoms with Crippen LogP contribution < -0.4 is 0 Å². The number of hydrogen-bond donors (Lipinski definition) is 0. The topological polar surface area (TPSA) is 4.93 Å². The summed E-state index contributed by atoms with van der Waals surface area (Å²) in [6.45, 7) is 12.3. The van der Waals surface area contributed by atoms with Gasteiger partial charge in [-0.1, -0.05) is 122 Å². The lowest BCUT2D eigenvalue weighted by molar-refractivity contribution is 1.18. The fraction of sp³-hybridized carbons (Fsp3) is 0.0526. The Bertz CT molecular complexity index is 1770. The molecule has 0 unspecified atom stereocenters. The first-order chi connectivity index (χ1) is 19.1. The molecule has 0 N–H and O–H groups in total. The zero-order valence-corrected chi connectivity index (χ0v) is 22.6. The summed E-state index contributed by atoms with van der Waals surface area (Å²) in [5, 5.41) is 2.46. The second-order valence-corrected chi connectivity index (χ2v) is 9.59. The van der Waals surface area contributed by atoms with Gasteiger partial charge in [-0.15, -0.1) is 0 Å². The second-order valence-electron chi connectivity index (χ2n) is 9.59. The predicted octanol–water partition coefficient (Wildman–Crippen LogP) is 10.7. The highest BCUT2D eigenvalue weighted by Gasteiger charge is 2.13. The van der Waals surface area contributed by atoms with Crippen molar-refractivity contribution in [2.45, 2.75) is 13.8 Å². The van der Waals surface area contributed by atoms with Crippen molar-refractivity contribution in [3.63, 3.8) is 0 Å². The Balaban J connectivity index is 1.60. The maximum atomic E-state index is 4.24. The first kappa shape index (κ1) is 25.8. The van der Waals surface area contributed by atoms with Crippen LogP contribution >= 0.6 is 0 Å². The van der Waals surface area contributed by atoms with E-state index in [1.165, 1.54) is 32.9 Å². The van der Waals surface area contributed by atoms with E-state index in [-0.39, 0.29) is 0 Å². The molecule has 0 amide bonds. The van der Waals surface area contributed by atoms with Crippen LogP contribution in [0.4, 0.5) is 0 Å². The number of benzene rings is 4. The molecule has 0 radical (unpaired) electrons. The molecule has 0 aliphatic carbocycles. The molecule has 0 saturated heterocycles. The van der Waals surface area contributed by atoms with Crippen LogP contribution in [-0.2, 0) is 0 Å². The lowest BCUT2D eigenvalue weighted by atomic mass is 9.98. The molecular formula is C38H33N. The van der Waals surface area contributed by atoms with Gasteiger partial charge in [-0.05, 0) is 77.6 Å². The summed E-state index contributed by atoms with van der Waals surface area (Å²) in [5.74, 6) is 0. The van der Waals surface area contributed by atoms with Crippen molar-refractivity contribution in [1.29, 1.82) is 0 Å². The molecule has 1 heteroatoms. The molecule has 0 atom stereocenters. The summed E-state index contributed by atoms with van der Waals surface area (Å²) < 4.78 is 2.36. The lowest BCUT2D eigenvalue weighted by Gasteiger charge is -2.10. The minimum atomic E-state index is 0.986. The molecule has 5 aromatic rings. The van der Waals surface area contributed by atoms with Crippen LogP contribution in [0.3, 0.4) is 0 Å². The van der Waals surface area contributed by atoms with E-state index in [0.29, 0.717) is 0 Å². The van der Waals surface area contributed by atoms with Gasteiger partial charge in [0.05, 0.1) is 11.0 Å². The minimum Gasteiger partial charge on any atom is -0.309 e. The van der Waals surface area contributed by atoms with Gasteiger partial charge in [0.25, 0.3) is 0 Å². The van der Waals surface area contributed by atoms with Crippen LogP contribution in [0.1, 0.15) is 19.4 Å². The number of nitrogens with zero attached hydrogens (tertiary/aromatic N) is 1. The minimum absolute atomic E-state index is 0.986. The van der Waals surface area contributed by atoms with Gasteiger partial charge in [-0.2, -0.15) is 0 Å². The van der Waals surface area contributed by atoms with Crippen molar-refractivity contribution < 1.29 is 0 Å². The summed E-state index contributed by atoms with van der Waals surface area (Å²) >= 11 is 0. The maximum absolute atomic E-state index is 4.24. The van der Waals surface area contributed by atoms with E-state index in [9.17, 15) is 0 Å². The highest BCUT2D eigenvalue weighted by molar-refractivity contribution is 6.10. The van der Waals surface area contributed by atoms with Gasteiger partial charge in [0.15, 0.2) is 0 Å². The average Bonchev–Trinajstić information content (AvgIpc) is 3.31. The highest BCUT2D eigenvalue weighted by atomic mass is 15.0. The first-order valence-electron chi connectivity index (χ1n) is 13.3. The summed E-state index contributed by atoms with van der Waals surface area (Å²) in [6.07, 6.45) is 14.2. The van der Waals surface area contributed by atoms with Crippen molar-refractivity contribution in [1.82, 2.24) is 4.57 Å². The van der Waals surface area contributed by atoms with Crippen LogP contribution in [0.2, 0.25) is 0 Å². The zero-order valence-electron chi connectivity index (χ0n) is 22.6. The van der Waals surface area contributed by atoms with Crippen LogP contribution in [0, 0.1) is 0 Å². The molecule has 39 heavy (non-hydrogen) atoms. The van der Waals surface area contributed by atoms with Gasteiger partial charge < -0.3 is 4.57 Å². The molecule has 0 saturated carbocycles. The fourth-order valence-corrected chi connectivity index (χ4v) is 4.96. The number of hydrogen-bond acceptors (Lipinski definition) is 0. The Morgan fingerprint density at radius 1 is 0.744 bits per heavy atom. The third kappa shape index (κ3) is 5.39. The third-order valence-electron chi connectivity index (χ3n) is 7.02. The quantitative estimate of drug-likeness (QED) is 0.186. The van der Waals surface area contributed by atoms with Crippen molar-refractivity contribution in [2.75, 3.05) is 0 Å². The number of para-hydroxylation sites is 1. The monoisotopic (exact) mass is 503 g/mol. The largest absolute Gasteiger partial charge is 0.309 e. The summed E-state index contributed by atoms with van der Waals surface area (Å²) in [4.78, 5) is 0. The number of rotatable bonds is 8. The highest BCUT2D eigenvalue weighted by Crippen LogP contribution is 2.35. The molecule has 5 rings (SSSR count). The van der Waals surface area contributed by atoms with Crippen molar-refractivity contribution in [3.8, 4) is 16.8 Å². The Hall–Kier alpha value is -4.88. The molecule has 1 heterocycles. The molecule has 0 aliphatic rings. The summed E-state index contributed by atoms with van der Waals surface area (Å²) in [6, 6.07) is 34.7. The molecule has 4 aromatic carbocycles. The standard InChI is InChI=1S/C38H33N/c1-5-7-9-15-28(3)29(4)26-32(14-6-2)33-22-25-38-36(27-33)35-18-12-13-19-37(35)39(38)34-23-20-31(21-24-34)30-16-10-8-11-17-30/h5-27H,2-3H2,1,4H3/b7-5-,15-9-,29-26+,32-14+. The van der Waals surface area contributed by atoms with E-state index >= 15 is 0 Å². The van der Waals surface area contributed by atoms with Crippen LogP contribution in [0.5, 0.6) is 0 Å². The Labute approximate surface area is 231 Å². The van der Waals surface area contributed by atoms with E-state index in [1.807, 2.05) is 37.3 Å². The van der Waals surface area contributed by atoms with Crippen LogP contribution in [0.15, 0.2) is 164 Å². The summed E-state index contributed by atoms with van der Waals surface area (Å²) in [5.41, 5.74) is 10.3. The molecule has 0 spiro atoms. The van der Waals surface area contributed by atoms with Crippen LogP contribution in [0.25, 0.3) is 44.2 Å². The zero-order chi connectivity index (χ0) is 27.2. The number of aromatic nitrogens is 1. The molecule has 190 valence electrons. The van der Waals surface area contributed by atoms with E-state index < -0.39 is 0 Å². The predicted molar refractivity (Wildman–Crippen MR) is 171 cm³/mol. The van der Waals surface area contributed by atoms with E-state index in [0.717, 1.165) is 28.0 Å². The molecule has 0 aliphatic heterocycles. The maximum Gasteiger partial charge on any atom is 0.0541 e. The van der Waals surface area contributed by atoms with Gasteiger partial charge in [-0.25, -0.2) is 0 Å². The normalized spacial score (nSPS) is 12.7. The van der Waals surface area contributed by atoms with Gasteiger partial charge in [0, 0.05) is 16.5 Å². The van der Waals surface area contributed by atoms with Gasteiger partial charge >= 0.3 is 0 Å². The van der Waals surface area contributed by atoms with Gasteiger partial charge in [0.1, 0.15) is 0 Å².